The van der Waals surface area contributed by atoms with Crippen LogP contribution in [0.15, 0.2) is 28.9 Å². The number of carboxylic acids is 1. The van der Waals surface area contributed by atoms with Gasteiger partial charge in [0.1, 0.15) is 23.9 Å². The molecule has 186 valence electrons. The third kappa shape index (κ3) is 8.05. The van der Waals surface area contributed by atoms with Gasteiger partial charge in [0, 0.05) is 12.6 Å². The van der Waals surface area contributed by atoms with Gasteiger partial charge in [-0.1, -0.05) is 13.8 Å². The molecule has 1 fully saturated rings. The lowest BCUT2D eigenvalue weighted by molar-refractivity contribution is -0.143. The molecule has 2 heterocycles. The third-order valence-electron chi connectivity index (χ3n) is 5.30. The van der Waals surface area contributed by atoms with Gasteiger partial charge in [-0.25, -0.2) is 0 Å². The molecule has 4 amide bonds. The number of carbonyl (C=O) groups is 5. The van der Waals surface area contributed by atoms with Crippen LogP contribution < -0.4 is 16.0 Å². The van der Waals surface area contributed by atoms with Crippen LogP contribution in [-0.4, -0.2) is 70.8 Å². The van der Waals surface area contributed by atoms with Crippen molar-refractivity contribution >= 4 is 35.7 Å². The smallest absolute Gasteiger partial charge is 0.325 e. The average molecular weight is 477 g/mol. The molecule has 34 heavy (non-hydrogen) atoms. The van der Waals surface area contributed by atoms with E-state index in [1.54, 1.807) is 12.1 Å². The SMILES string of the molecule is CC(C)C[C@@H](NC(=O)/C=C/c1ccco1)C(=O)NCC(=O)N1CCC[C@H]1C(=O)N[C@@H](C)C(=O)O. The van der Waals surface area contributed by atoms with Gasteiger partial charge in [0.2, 0.25) is 23.6 Å². The van der Waals surface area contributed by atoms with Crippen LogP contribution in [0.25, 0.3) is 6.08 Å². The van der Waals surface area contributed by atoms with Crippen LogP contribution in [0.1, 0.15) is 45.8 Å². The van der Waals surface area contributed by atoms with E-state index in [1.165, 1.54) is 30.2 Å². The Labute approximate surface area is 197 Å². The number of amides is 4. The minimum Gasteiger partial charge on any atom is -0.480 e. The Morgan fingerprint density at radius 2 is 1.94 bits per heavy atom. The molecule has 0 bridgehead atoms. The molecule has 1 aromatic heterocycles. The van der Waals surface area contributed by atoms with Gasteiger partial charge < -0.3 is 30.4 Å². The van der Waals surface area contributed by atoms with E-state index in [0.29, 0.717) is 31.6 Å². The second-order valence-corrected chi connectivity index (χ2v) is 8.57. The molecule has 0 saturated carbocycles. The van der Waals surface area contributed by atoms with Gasteiger partial charge in [-0.2, -0.15) is 0 Å². The number of carbonyl (C=O) groups excluding carboxylic acids is 4. The van der Waals surface area contributed by atoms with E-state index < -0.39 is 47.7 Å². The highest BCUT2D eigenvalue weighted by molar-refractivity contribution is 5.96. The molecule has 0 aromatic carbocycles. The zero-order valence-corrected chi connectivity index (χ0v) is 19.6. The van der Waals surface area contributed by atoms with Crippen molar-refractivity contribution in [1.82, 2.24) is 20.9 Å². The molecule has 0 spiro atoms. The van der Waals surface area contributed by atoms with Crippen LogP contribution in [0.2, 0.25) is 0 Å². The maximum Gasteiger partial charge on any atom is 0.325 e. The fraction of sp³-hybridized carbons (Fsp3) is 0.522. The highest BCUT2D eigenvalue weighted by Crippen LogP contribution is 2.17. The topological polar surface area (TPSA) is 158 Å². The summed E-state index contributed by atoms with van der Waals surface area (Å²) in [6, 6.07) is 0.652. The number of hydrogen-bond acceptors (Lipinski definition) is 6. The Morgan fingerprint density at radius 1 is 1.21 bits per heavy atom. The van der Waals surface area contributed by atoms with E-state index in [-0.39, 0.29) is 12.5 Å². The molecule has 1 aliphatic heterocycles. The first-order chi connectivity index (χ1) is 16.1. The number of likely N-dealkylation sites (tertiary alicyclic amines) is 1. The van der Waals surface area contributed by atoms with E-state index >= 15 is 0 Å². The lowest BCUT2D eigenvalue weighted by atomic mass is 10.0. The molecule has 11 heteroatoms. The summed E-state index contributed by atoms with van der Waals surface area (Å²) in [5, 5.41) is 16.5. The molecular weight excluding hydrogens is 444 g/mol. The van der Waals surface area contributed by atoms with Crippen LogP contribution in [-0.2, 0) is 24.0 Å². The number of nitrogens with one attached hydrogen (secondary N) is 3. The molecule has 0 unspecified atom stereocenters. The highest BCUT2D eigenvalue weighted by atomic mass is 16.4. The van der Waals surface area contributed by atoms with Gasteiger partial charge in [-0.15, -0.1) is 0 Å². The van der Waals surface area contributed by atoms with Crippen molar-refractivity contribution in [3.05, 3.63) is 30.2 Å². The zero-order valence-electron chi connectivity index (χ0n) is 19.6. The molecule has 2 rings (SSSR count). The first kappa shape index (κ1) is 26.6. The van der Waals surface area contributed by atoms with Gasteiger partial charge >= 0.3 is 5.97 Å². The van der Waals surface area contributed by atoms with Crippen LogP contribution >= 0.6 is 0 Å². The molecule has 1 saturated heterocycles. The Balaban J connectivity index is 1.93. The quantitative estimate of drug-likeness (QED) is 0.339. The van der Waals surface area contributed by atoms with Crippen LogP contribution in [0.3, 0.4) is 0 Å². The molecular formula is C23H32N4O7. The zero-order chi connectivity index (χ0) is 25.3. The van der Waals surface area contributed by atoms with Gasteiger partial charge in [0.25, 0.3) is 0 Å². The van der Waals surface area contributed by atoms with E-state index in [0.717, 1.165) is 0 Å². The summed E-state index contributed by atoms with van der Waals surface area (Å²) < 4.78 is 5.13. The van der Waals surface area contributed by atoms with Crippen molar-refractivity contribution in [2.24, 2.45) is 5.92 Å². The lowest BCUT2D eigenvalue weighted by Gasteiger charge is -2.25. The normalized spacial score (nSPS) is 17.4. The predicted molar refractivity (Wildman–Crippen MR) is 122 cm³/mol. The van der Waals surface area contributed by atoms with Gasteiger partial charge in [-0.05, 0) is 50.3 Å². The molecule has 1 aromatic rings. The van der Waals surface area contributed by atoms with Gasteiger partial charge in [0.05, 0.1) is 12.8 Å². The second kappa shape index (κ2) is 12.6. The maximum atomic E-state index is 12.7. The minimum atomic E-state index is -1.17. The number of furan rings is 1. The standard InChI is InChI=1S/C23H32N4O7/c1-14(2)12-17(26-19(28)9-8-16-6-5-11-34-16)21(30)24-13-20(29)27-10-4-7-18(27)22(31)25-15(3)23(32)33/h5-6,8-9,11,14-15,17-18H,4,7,10,12-13H2,1-3H3,(H,24,30)(H,25,31)(H,26,28)(H,32,33)/b9-8+/t15-,17+,18-/m0/s1. The van der Waals surface area contributed by atoms with Crippen molar-refractivity contribution in [3.63, 3.8) is 0 Å². The highest BCUT2D eigenvalue weighted by Gasteiger charge is 2.35. The first-order valence-corrected chi connectivity index (χ1v) is 11.2. The number of nitrogens with zero attached hydrogens (tertiary/aromatic N) is 1. The predicted octanol–water partition coefficient (Wildman–Crippen LogP) is 0.520. The molecule has 1 aliphatic rings. The van der Waals surface area contributed by atoms with Crippen molar-refractivity contribution in [2.45, 2.75) is 58.2 Å². The number of carboxylic acid groups (broad SMARTS) is 1. The Hall–Kier alpha value is -3.63. The van der Waals surface area contributed by atoms with E-state index in [2.05, 4.69) is 16.0 Å². The number of hydrogen-bond donors (Lipinski definition) is 4. The summed E-state index contributed by atoms with van der Waals surface area (Å²) in [5.74, 6) is -2.57. The summed E-state index contributed by atoms with van der Waals surface area (Å²) in [4.78, 5) is 62.4. The third-order valence-corrected chi connectivity index (χ3v) is 5.30. The van der Waals surface area contributed by atoms with Crippen molar-refractivity contribution in [1.29, 1.82) is 0 Å². The van der Waals surface area contributed by atoms with Crippen molar-refractivity contribution < 1.29 is 33.5 Å². The van der Waals surface area contributed by atoms with Crippen LogP contribution in [0, 0.1) is 5.92 Å². The minimum absolute atomic E-state index is 0.101. The summed E-state index contributed by atoms with van der Waals surface area (Å²) in [7, 11) is 0. The van der Waals surface area contributed by atoms with Crippen molar-refractivity contribution in [3.8, 4) is 0 Å². The molecule has 3 atom stereocenters. The van der Waals surface area contributed by atoms with Crippen molar-refractivity contribution in [2.75, 3.05) is 13.1 Å². The molecule has 11 nitrogen and oxygen atoms in total. The second-order valence-electron chi connectivity index (χ2n) is 8.57. The molecule has 4 N–H and O–H groups in total. The van der Waals surface area contributed by atoms with E-state index in [1.807, 2.05) is 13.8 Å². The Bertz CT molecular complexity index is 910. The number of rotatable bonds is 11. The van der Waals surface area contributed by atoms with Gasteiger partial charge in [-0.3, -0.25) is 24.0 Å². The number of aliphatic carboxylic acids is 1. The fourth-order valence-electron chi connectivity index (χ4n) is 3.56. The monoisotopic (exact) mass is 476 g/mol. The Kier molecular flexibility index (Phi) is 9.84. The first-order valence-electron chi connectivity index (χ1n) is 11.2. The summed E-state index contributed by atoms with van der Waals surface area (Å²) >= 11 is 0. The lowest BCUT2D eigenvalue weighted by Crippen LogP contribution is -2.53. The van der Waals surface area contributed by atoms with E-state index in [4.69, 9.17) is 9.52 Å². The Morgan fingerprint density at radius 3 is 2.56 bits per heavy atom. The largest absolute Gasteiger partial charge is 0.480 e. The summed E-state index contributed by atoms with van der Waals surface area (Å²) in [6.45, 7) is 5.14. The van der Waals surface area contributed by atoms with E-state index in [9.17, 15) is 24.0 Å². The molecule has 0 aliphatic carbocycles. The van der Waals surface area contributed by atoms with Crippen LogP contribution in [0.5, 0.6) is 0 Å². The fourth-order valence-corrected chi connectivity index (χ4v) is 3.56. The average Bonchev–Trinajstić information content (AvgIpc) is 3.47. The molecule has 0 radical (unpaired) electrons. The van der Waals surface area contributed by atoms with Crippen LogP contribution in [0.4, 0.5) is 0 Å². The summed E-state index contributed by atoms with van der Waals surface area (Å²) in [5.41, 5.74) is 0. The van der Waals surface area contributed by atoms with Gasteiger partial charge in [0.15, 0.2) is 0 Å². The summed E-state index contributed by atoms with van der Waals surface area (Å²) in [6.07, 6.45) is 5.58. The maximum absolute atomic E-state index is 12.7.